The monoisotopic (exact) mass is 560 g/mol. The zero-order valence-corrected chi connectivity index (χ0v) is 22.8. The summed E-state index contributed by atoms with van der Waals surface area (Å²) in [5.74, 6) is -0.912. The summed E-state index contributed by atoms with van der Waals surface area (Å²) in [4.78, 5) is 20.7. The van der Waals surface area contributed by atoms with Crippen LogP contribution in [-0.2, 0) is 6.54 Å². The van der Waals surface area contributed by atoms with E-state index in [9.17, 15) is 9.90 Å². The number of carboxylic acids is 1. The molecule has 0 fully saturated rings. The number of carboxylic acid groups (broad SMARTS) is 1. The number of allylic oxidation sites excluding steroid dienone is 1. The fourth-order valence-electron chi connectivity index (χ4n) is 4.25. The lowest BCUT2D eigenvalue weighted by Gasteiger charge is -2.25. The van der Waals surface area contributed by atoms with Crippen molar-refractivity contribution in [1.29, 1.82) is 0 Å². The molecular weight excluding hydrogens is 535 g/mol. The summed E-state index contributed by atoms with van der Waals surface area (Å²) < 4.78 is 0. The van der Waals surface area contributed by atoms with Crippen molar-refractivity contribution in [2.24, 2.45) is 4.99 Å². The normalized spacial score (nSPS) is 12.9. The van der Waals surface area contributed by atoms with Gasteiger partial charge in [-0.05, 0) is 65.7 Å². The van der Waals surface area contributed by atoms with Crippen LogP contribution >= 0.6 is 35.8 Å². The van der Waals surface area contributed by atoms with Crippen LogP contribution < -0.4 is 4.90 Å². The number of fused-ring (bicyclic) bond motifs is 1. The third-order valence-corrected chi connectivity index (χ3v) is 7.48. The molecule has 4 aromatic rings. The second-order valence-corrected chi connectivity index (χ2v) is 10.2. The lowest BCUT2D eigenvalue weighted by atomic mass is 10.0. The first-order chi connectivity index (χ1) is 18.1. The number of rotatable bonds is 7. The molecule has 0 bridgehead atoms. The van der Waals surface area contributed by atoms with Crippen molar-refractivity contribution in [3.05, 3.63) is 130 Å². The van der Waals surface area contributed by atoms with E-state index in [0.717, 1.165) is 49.4 Å². The molecule has 5 rings (SSSR count). The molecule has 192 valence electrons. The van der Waals surface area contributed by atoms with E-state index < -0.39 is 5.97 Å². The molecule has 0 aromatic heterocycles. The first-order valence-electron chi connectivity index (χ1n) is 12.0. The van der Waals surface area contributed by atoms with Gasteiger partial charge in [-0.3, -0.25) is 4.99 Å². The zero-order chi connectivity index (χ0) is 25.6. The van der Waals surface area contributed by atoms with Crippen LogP contribution in [0.25, 0.3) is 6.08 Å². The standard InChI is InChI=1S/C31H25ClN2O2S.ClH/c32-25-14-16-26(17-15-25)37-30-8-4-1-5-23(30)13-18-28-27-6-2-3-7-29(27)34(20-19-33-28)21-22-9-11-24(12-10-22)31(35)36;/h1-18H,19-21H2,(H,35,36);1H/b18-13+;. The molecule has 0 saturated carbocycles. The Bertz CT molecular complexity index is 1470. The van der Waals surface area contributed by atoms with E-state index >= 15 is 0 Å². The first-order valence-corrected chi connectivity index (χ1v) is 13.2. The molecule has 0 aliphatic carbocycles. The van der Waals surface area contributed by atoms with Crippen molar-refractivity contribution >= 4 is 59.2 Å². The minimum Gasteiger partial charge on any atom is -0.478 e. The molecular formula is C31H26Cl2N2O2S. The Hall–Kier alpha value is -3.51. The van der Waals surface area contributed by atoms with E-state index in [4.69, 9.17) is 16.6 Å². The lowest BCUT2D eigenvalue weighted by Crippen LogP contribution is -2.25. The Morgan fingerprint density at radius 2 is 1.63 bits per heavy atom. The van der Waals surface area contributed by atoms with Crippen molar-refractivity contribution in [2.45, 2.75) is 16.3 Å². The molecule has 0 radical (unpaired) electrons. The van der Waals surface area contributed by atoms with Crippen molar-refractivity contribution in [3.8, 4) is 0 Å². The van der Waals surface area contributed by atoms with E-state index in [1.807, 2.05) is 54.6 Å². The third kappa shape index (κ3) is 6.67. The van der Waals surface area contributed by atoms with Gasteiger partial charge >= 0.3 is 5.97 Å². The van der Waals surface area contributed by atoms with Gasteiger partial charge < -0.3 is 10.0 Å². The smallest absolute Gasteiger partial charge is 0.335 e. The molecule has 1 heterocycles. The number of para-hydroxylation sites is 1. The Kier molecular flexibility index (Phi) is 9.29. The highest BCUT2D eigenvalue weighted by atomic mass is 35.5. The number of hydrogen-bond donors (Lipinski definition) is 1. The zero-order valence-electron chi connectivity index (χ0n) is 20.5. The SMILES string of the molecule is Cl.O=C(O)c1ccc(CN2CCN=C(/C=C/c3ccccc3Sc3ccc(Cl)cc3)c3ccccc32)cc1. The topological polar surface area (TPSA) is 52.9 Å². The highest BCUT2D eigenvalue weighted by Gasteiger charge is 2.17. The summed E-state index contributed by atoms with van der Waals surface area (Å²) in [6.07, 6.45) is 4.24. The fraction of sp³-hybridized carbons (Fsp3) is 0.0968. The molecule has 4 aromatic carbocycles. The summed E-state index contributed by atoms with van der Waals surface area (Å²) in [7, 11) is 0. The van der Waals surface area contributed by atoms with E-state index in [1.165, 1.54) is 0 Å². The fourth-order valence-corrected chi connectivity index (χ4v) is 5.30. The van der Waals surface area contributed by atoms with Crippen LogP contribution in [0.1, 0.15) is 27.0 Å². The molecule has 1 N–H and O–H groups in total. The number of hydrogen-bond acceptors (Lipinski definition) is 4. The average molecular weight is 562 g/mol. The van der Waals surface area contributed by atoms with Crippen LogP contribution in [0, 0.1) is 0 Å². The summed E-state index contributed by atoms with van der Waals surface area (Å²) in [5.41, 5.74) is 5.64. The number of aliphatic imine (C=N–C) groups is 1. The third-order valence-electron chi connectivity index (χ3n) is 6.13. The lowest BCUT2D eigenvalue weighted by molar-refractivity contribution is 0.0697. The second kappa shape index (κ2) is 12.8. The molecule has 7 heteroatoms. The molecule has 0 atom stereocenters. The maximum atomic E-state index is 11.2. The largest absolute Gasteiger partial charge is 0.478 e. The van der Waals surface area contributed by atoms with Crippen molar-refractivity contribution in [2.75, 3.05) is 18.0 Å². The summed E-state index contributed by atoms with van der Waals surface area (Å²) in [6.45, 7) is 2.13. The van der Waals surface area contributed by atoms with E-state index in [0.29, 0.717) is 18.7 Å². The highest BCUT2D eigenvalue weighted by molar-refractivity contribution is 7.99. The Balaban J connectivity index is 0.00000336. The molecule has 1 aliphatic heterocycles. The van der Waals surface area contributed by atoms with Crippen LogP contribution in [0.3, 0.4) is 0 Å². The van der Waals surface area contributed by atoms with E-state index in [-0.39, 0.29) is 12.4 Å². The number of carbonyl (C=O) groups is 1. The number of anilines is 1. The average Bonchev–Trinajstić information content (AvgIpc) is 3.09. The van der Waals surface area contributed by atoms with Crippen LogP contribution in [-0.4, -0.2) is 29.9 Å². The Morgan fingerprint density at radius 3 is 2.39 bits per heavy atom. The Morgan fingerprint density at radius 1 is 0.921 bits per heavy atom. The summed E-state index contributed by atoms with van der Waals surface area (Å²) in [5, 5.41) is 9.92. The van der Waals surface area contributed by atoms with Gasteiger partial charge in [0.25, 0.3) is 0 Å². The molecule has 0 saturated heterocycles. The van der Waals surface area contributed by atoms with E-state index in [1.54, 1.807) is 23.9 Å². The van der Waals surface area contributed by atoms with Crippen molar-refractivity contribution in [3.63, 3.8) is 0 Å². The maximum Gasteiger partial charge on any atom is 0.335 e. The van der Waals surface area contributed by atoms with Crippen molar-refractivity contribution in [1.82, 2.24) is 0 Å². The van der Waals surface area contributed by atoms with Gasteiger partial charge in [-0.15, -0.1) is 12.4 Å². The number of benzodiazepines with no additional fused rings is 1. The molecule has 4 nitrogen and oxygen atoms in total. The van der Waals surface area contributed by atoms with Gasteiger partial charge in [-0.2, -0.15) is 0 Å². The number of nitrogens with zero attached hydrogens (tertiary/aromatic N) is 2. The predicted octanol–water partition coefficient (Wildman–Crippen LogP) is 8.13. The van der Waals surface area contributed by atoms with Crippen LogP contribution in [0.2, 0.25) is 5.02 Å². The molecule has 0 amide bonds. The minimum absolute atomic E-state index is 0. The van der Waals surface area contributed by atoms with Gasteiger partial charge in [0.1, 0.15) is 0 Å². The second-order valence-electron chi connectivity index (χ2n) is 8.63. The van der Waals surface area contributed by atoms with Gasteiger partial charge in [0.2, 0.25) is 0 Å². The first kappa shape index (κ1) is 27.5. The van der Waals surface area contributed by atoms with Gasteiger partial charge in [-0.1, -0.05) is 78.0 Å². The number of benzene rings is 4. The summed E-state index contributed by atoms with van der Waals surface area (Å²) >= 11 is 7.76. The van der Waals surface area contributed by atoms with Gasteiger partial charge in [0.15, 0.2) is 0 Å². The number of halogens is 2. The molecule has 1 aliphatic rings. The number of aromatic carboxylic acids is 1. The minimum atomic E-state index is -0.912. The van der Waals surface area contributed by atoms with Crippen LogP contribution in [0.5, 0.6) is 0 Å². The van der Waals surface area contributed by atoms with Crippen LogP contribution in [0.15, 0.2) is 118 Å². The van der Waals surface area contributed by atoms with Crippen molar-refractivity contribution < 1.29 is 9.90 Å². The summed E-state index contributed by atoms with van der Waals surface area (Å²) in [6, 6.07) is 31.6. The maximum absolute atomic E-state index is 11.2. The van der Waals surface area contributed by atoms with Gasteiger partial charge in [-0.25, -0.2) is 4.79 Å². The molecule has 0 spiro atoms. The van der Waals surface area contributed by atoms with Gasteiger partial charge in [0, 0.05) is 39.2 Å². The molecule has 38 heavy (non-hydrogen) atoms. The van der Waals surface area contributed by atoms with Crippen LogP contribution in [0.4, 0.5) is 5.69 Å². The quantitative estimate of drug-likeness (QED) is 0.248. The highest BCUT2D eigenvalue weighted by Crippen LogP contribution is 2.32. The Labute approximate surface area is 238 Å². The van der Waals surface area contributed by atoms with Gasteiger partial charge in [0.05, 0.1) is 17.8 Å². The predicted molar refractivity (Wildman–Crippen MR) is 161 cm³/mol. The molecule has 0 unspecified atom stereocenters. The van der Waals surface area contributed by atoms with E-state index in [2.05, 4.69) is 47.4 Å².